The molecular weight excluding hydrogens is 258 g/mol. The minimum Gasteiger partial charge on any atom is -0.366 e. The van der Waals surface area contributed by atoms with Crippen LogP contribution >= 0.6 is 0 Å². The van der Waals surface area contributed by atoms with Gasteiger partial charge in [-0.3, -0.25) is 4.79 Å². The number of rotatable bonds is 3. The molecule has 0 fully saturated rings. The van der Waals surface area contributed by atoms with Gasteiger partial charge in [0.1, 0.15) is 0 Å². The highest BCUT2D eigenvalue weighted by Crippen LogP contribution is 2.34. The number of carbonyl (C=O) groups excluding carboxylic acids is 1. The zero-order valence-electron chi connectivity index (χ0n) is 12.4. The maximum absolute atomic E-state index is 11.7. The molecular formula is C19H21NO. The topological polar surface area (TPSA) is 43.1 Å². The summed E-state index contributed by atoms with van der Waals surface area (Å²) < 4.78 is 0. The lowest BCUT2D eigenvalue weighted by atomic mass is 9.78. The monoisotopic (exact) mass is 279 g/mol. The Labute approximate surface area is 126 Å². The number of hydrogen-bond acceptors (Lipinski definition) is 1. The van der Waals surface area contributed by atoms with Gasteiger partial charge in [-0.15, -0.1) is 0 Å². The second-order valence-corrected chi connectivity index (χ2v) is 5.85. The van der Waals surface area contributed by atoms with Crippen molar-refractivity contribution in [2.24, 2.45) is 5.73 Å². The number of carbonyl (C=O) groups is 1. The first-order valence-electron chi connectivity index (χ1n) is 7.68. The van der Waals surface area contributed by atoms with E-state index in [0.717, 1.165) is 31.2 Å². The lowest BCUT2D eigenvalue weighted by Gasteiger charge is -2.26. The summed E-state index contributed by atoms with van der Waals surface area (Å²) in [6.45, 7) is 2.14. The van der Waals surface area contributed by atoms with Gasteiger partial charge in [0.05, 0.1) is 0 Å². The third-order valence-corrected chi connectivity index (χ3v) is 4.58. The number of hydrogen-bond donors (Lipinski definition) is 1. The van der Waals surface area contributed by atoms with Crippen LogP contribution in [0.3, 0.4) is 0 Å². The zero-order chi connectivity index (χ0) is 14.8. The van der Waals surface area contributed by atoms with Gasteiger partial charge >= 0.3 is 0 Å². The quantitative estimate of drug-likeness (QED) is 0.916. The molecule has 1 amide bonds. The fourth-order valence-electron chi connectivity index (χ4n) is 3.36. The Morgan fingerprint density at radius 1 is 1.19 bits per heavy atom. The Morgan fingerprint density at radius 2 is 1.95 bits per heavy atom. The fourth-order valence-corrected chi connectivity index (χ4v) is 3.36. The Bertz CT molecular complexity index is 675. The average Bonchev–Trinajstić information content (AvgIpc) is 2.53. The Morgan fingerprint density at radius 3 is 2.67 bits per heavy atom. The Kier molecular flexibility index (Phi) is 3.78. The molecule has 3 rings (SSSR count). The van der Waals surface area contributed by atoms with Gasteiger partial charge in [-0.25, -0.2) is 0 Å². The van der Waals surface area contributed by atoms with Crippen LogP contribution in [0, 0.1) is 0 Å². The fraction of sp³-hybridized carbons (Fsp3) is 0.316. The lowest BCUT2D eigenvalue weighted by molar-refractivity contribution is 0.0999. The number of aryl methyl sites for hydroxylation is 2. The van der Waals surface area contributed by atoms with Crippen LogP contribution in [-0.2, 0) is 19.3 Å². The smallest absolute Gasteiger partial charge is 0.248 e. The number of primary amides is 1. The molecule has 0 aliphatic heterocycles. The highest BCUT2D eigenvalue weighted by Gasteiger charge is 2.23. The van der Waals surface area contributed by atoms with E-state index in [1.54, 1.807) is 0 Å². The molecule has 1 atom stereocenters. The van der Waals surface area contributed by atoms with Gasteiger partial charge in [-0.05, 0) is 59.9 Å². The molecule has 0 saturated heterocycles. The molecule has 2 nitrogen and oxygen atoms in total. The molecule has 2 heteroatoms. The molecule has 0 heterocycles. The summed E-state index contributed by atoms with van der Waals surface area (Å²) in [6, 6.07) is 14.7. The number of nitrogens with two attached hydrogens (primary N) is 1. The standard InChI is InChI=1S/C19H21NO/c1-2-13-7-10-17(19(20)21)18(11-13)16-9-8-14-5-3-4-6-15(14)12-16/h3-7,10-11,16H,2,8-9,12H2,1H3,(H2,20,21). The third kappa shape index (κ3) is 2.71. The van der Waals surface area contributed by atoms with Gasteiger partial charge in [0.15, 0.2) is 0 Å². The predicted octanol–water partition coefficient (Wildman–Crippen LogP) is 3.62. The van der Waals surface area contributed by atoms with E-state index in [-0.39, 0.29) is 5.91 Å². The molecule has 21 heavy (non-hydrogen) atoms. The summed E-state index contributed by atoms with van der Waals surface area (Å²) >= 11 is 0. The SMILES string of the molecule is CCc1ccc(C(N)=O)c(C2CCc3ccccc3C2)c1. The molecule has 2 aromatic carbocycles. The molecule has 1 unspecified atom stereocenters. The second-order valence-electron chi connectivity index (χ2n) is 5.85. The first-order chi connectivity index (χ1) is 10.2. The van der Waals surface area contributed by atoms with Gasteiger partial charge in [0.25, 0.3) is 0 Å². The van der Waals surface area contributed by atoms with Crippen LogP contribution in [0.2, 0.25) is 0 Å². The molecule has 0 spiro atoms. The van der Waals surface area contributed by atoms with Gasteiger partial charge in [-0.1, -0.05) is 43.3 Å². The molecule has 1 aliphatic rings. The van der Waals surface area contributed by atoms with E-state index >= 15 is 0 Å². The molecule has 0 radical (unpaired) electrons. The van der Waals surface area contributed by atoms with E-state index in [2.05, 4.69) is 37.3 Å². The average molecular weight is 279 g/mol. The lowest BCUT2D eigenvalue weighted by Crippen LogP contribution is -2.19. The van der Waals surface area contributed by atoms with Crippen molar-refractivity contribution in [3.8, 4) is 0 Å². The minimum atomic E-state index is -0.313. The number of amides is 1. The normalized spacial score (nSPS) is 17.3. The van der Waals surface area contributed by atoms with Crippen LogP contribution in [0.5, 0.6) is 0 Å². The van der Waals surface area contributed by atoms with Gasteiger partial charge in [0.2, 0.25) is 5.91 Å². The van der Waals surface area contributed by atoms with Gasteiger partial charge in [0, 0.05) is 5.56 Å². The summed E-state index contributed by atoms with van der Waals surface area (Å²) in [5.74, 6) is 0.0837. The van der Waals surface area contributed by atoms with Crippen LogP contribution < -0.4 is 5.73 Å². The Hall–Kier alpha value is -2.09. The van der Waals surface area contributed by atoms with Crippen LogP contribution in [0.25, 0.3) is 0 Å². The predicted molar refractivity (Wildman–Crippen MR) is 85.5 cm³/mol. The zero-order valence-corrected chi connectivity index (χ0v) is 12.4. The molecule has 0 bridgehead atoms. The Balaban J connectivity index is 1.99. The van der Waals surface area contributed by atoms with Gasteiger partial charge in [-0.2, -0.15) is 0 Å². The molecule has 0 saturated carbocycles. The molecule has 2 N–H and O–H groups in total. The van der Waals surface area contributed by atoms with E-state index in [9.17, 15) is 4.79 Å². The van der Waals surface area contributed by atoms with E-state index in [1.165, 1.54) is 16.7 Å². The molecule has 108 valence electrons. The minimum absolute atomic E-state index is 0.313. The summed E-state index contributed by atoms with van der Waals surface area (Å²) in [5, 5.41) is 0. The molecule has 0 aromatic heterocycles. The van der Waals surface area contributed by atoms with Crippen LogP contribution in [0.1, 0.15) is 51.9 Å². The highest BCUT2D eigenvalue weighted by atomic mass is 16.1. The van der Waals surface area contributed by atoms with Crippen molar-refractivity contribution in [2.75, 3.05) is 0 Å². The van der Waals surface area contributed by atoms with Gasteiger partial charge < -0.3 is 5.73 Å². The number of benzene rings is 2. The van der Waals surface area contributed by atoms with E-state index in [0.29, 0.717) is 11.5 Å². The van der Waals surface area contributed by atoms with E-state index in [4.69, 9.17) is 5.73 Å². The van der Waals surface area contributed by atoms with E-state index in [1.807, 2.05) is 12.1 Å². The number of fused-ring (bicyclic) bond motifs is 1. The first-order valence-corrected chi connectivity index (χ1v) is 7.68. The van der Waals surface area contributed by atoms with Crippen molar-refractivity contribution in [1.29, 1.82) is 0 Å². The summed E-state index contributed by atoms with van der Waals surface area (Å²) in [5.41, 5.74) is 11.5. The van der Waals surface area contributed by atoms with Crippen molar-refractivity contribution in [2.45, 2.75) is 38.5 Å². The summed E-state index contributed by atoms with van der Waals surface area (Å²) in [6.07, 6.45) is 4.15. The summed E-state index contributed by atoms with van der Waals surface area (Å²) in [7, 11) is 0. The molecule has 1 aliphatic carbocycles. The summed E-state index contributed by atoms with van der Waals surface area (Å²) in [4.78, 5) is 11.7. The second kappa shape index (κ2) is 5.72. The maximum atomic E-state index is 11.7. The van der Waals surface area contributed by atoms with Crippen molar-refractivity contribution >= 4 is 5.91 Å². The van der Waals surface area contributed by atoms with Crippen LogP contribution in [0.15, 0.2) is 42.5 Å². The van der Waals surface area contributed by atoms with Crippen molar-refractivity contribution in [3.63, 3.8) is 0 Å². The first kappa shape index (κ1) is 13.9. The maximum Gasteiger partial charge on any atom is 0.248 e. The largest absolute Gasteiger partial charge is 0.366 e. The van der Waals surface area contributed by atoms with E-state index < -0.39 is 0 Å². The highest BCUT2D eigenvalue weighted by molar-refractivity contribution is 5.94. The van der Waals surface area contributed by atoms with Crippen LogP contribution in [-0.4, -0.2) is 5.91 Å². The van der Waals surface area contributed by atoms with Crippen molar-refractivity contribution in [1.82, 2.24) is 0 Å². The van der Waals surface area contributed by atoms with Crippen LogP contribution in [0.4, 0.5) is 0 Å². The third-order valence-electron chi connectivity index (χ3n) is 4.58. The van der Waals surface area contributed by atoms with Crippen molar-refractivity contribution in [3.05, 3.63) is 70.3 Å². The molecule has 2 aromatic rings. The van der Waals surface area contributed by atoms with Crippen molar-refractivity contribution < 1.29 is 4.79 Å².